The van der Waals surface area contributed by atoms with Crippen molar-refractivity contribution in [1.29, 1.82) is 0 Å². The van der Waals surface area contributed by atoms with Crippen molar-refractivity contribution >= 4 is 11.9 Å². The number of carbonyl (C=O) groups is 2. The molecule has 0 saturated heterocycles. The van der Waals surface area contributed by atoms with Gasteiger partial charge in [0.2, 0.25) is 0 Å². The van der Waals surface area contributed by atoms with E-state index in [2.05, 4.69) is 4.98 Å². The first-order valence-electron chi connectivity index (χ1n) is 4.34. The molecule has 1 heterocycles. The van der Waals surface area contributed by atoms with E-state index in [0.29, 0.717) is 0 Å². The van der Waals surface area contributed by atoms with Crippen LogP contribution in [0.5, 0.6) is 0 Å². The van der Waals surface area contributed by atoms with Gasteiger partial charge in [0, 0.05) is 11.8 Å². The van der Waals surface area contributed by atoms with Gasteiger partial charge in [-0.25, -0.2) is 9.78 Å². The van der Waals surface area contributed by atoms with Crippen LogP contribution in [0.15, 0.2) is 18.3 Å². The minimum atomic E-state index is -4.52. The van der Waals surface area contributed by atoms with Crippen molar-refractivity contribution in [2.45, 2.75) is 6.18 Å². The zero-order chi connectivity index (χ0) is 13.1. The zero-order valence-electron chi connectivity index (χ0n) is 8.28. The smallest absolute Gasteiger partial charge is 0.405 e. The Balaban J connectivity index is 2.76. The molecule has 0 fully saturated rings. The molecule has 0 atom stereocenters. The molecule has 0 radical (unpaired) electrons. The van der Waals surface area contributed by atoms with E-state index in [4.69, 9.17) is 5.11 Å². The molecule has 1 amide bonds. The SMILES string of the molecule is O=C(NCC(F)(F)F)c1ccnc(C(=O)O)c1. The molecule has 0 unspecified atom stereocenters. The minimum absolute atomic E-state index is 0.193. The lowest BCUT2D eigenvalue weighted by molar-refractivity contribution is -0.123. The first-order chi connectivity index (χ1) is 7.79. The lowest BCUT2D eigenvalue weighted by Crippen LogP contribution is -2.33. The van der Waals surface area contributed by atoms with Crippen molar-refractivity contribution in [3.05, 3.63) is 29.6 Å². The Hall–Kier alpha value is -2.12. The summed E-state index contributed by atoms with van der Waals surface area (Å²) in [5.41, 5.74) is -0.605. The Kier molecular flexibility index (Phi) is 3.66. The Bertz CT molecular complexity index is 445. The van der Waals surface area contributed by atoms with Gasteiger partial charge in [-0.2, -0.15) is 13.2 Å². The van der Waals surface area contributed by atoms with Crippen LogP contribution in [0.1, 0.15) is 20.8 Å². The van der Waals surface area contributed by atoms with Crippen molar-refractivity contribution in [3.8, 4) is 0 Å². The first kappa shape index (κ1) is 12.9. The van der Waals surface area contributed by atoms with Crippen LogP contribution < -0.4 is 5.32 Å². The standard InChI is InChI=1S/C9H7F3N2O3/c10-9(11,12)4-14-7(15)5-1-2-13-6(3-5)8(16)17/h1-3H,4H2,(H,14,15)(H,16,17). The molecule has 92 valence electrons. The third-order valence-electron chi connectivity index (χ3n) is 1.69. The molecular formula is C9H7F3N2O3. The summed E-state index contributed by atoms with van der Waals surface area (Å²) in [7, 11) is 0. The summed E-state index contributed by atoms with van der Waals surface area (Å²) in [4.78, 5) is 25.2. The number of carboxylic acids is 1. The first-order valence-corrected chi connectivity index (χ1v) is 4.34. The number of carbonyl (C=O) groups excluding carboxylic acids is 1. The molecule has 0 aliphatic carbocycles. The molecule has 1 aromatic heterocycles. The maximum absolute atomic E-state index is 11.8. The quantitative estimate of drug-likeness (QED) is 0.838. The number of nitrogens with zero attached hydrogens (tertiary/aromatic N) is 1. The predicted octanol–water partition coefficient (Wildman–Crippen LogP) is 1.07. The zero-order valence-corrected chi connectivity index (χ0v) is 8.28. The van der Waals surface area contributed by atoms with Crippen molar-refractivity contribution in [2.75, 3.05) is 6.54 Å². The Labute approximate surface area is 93.3 Å². The number of carboxylic acid groups (broad SMARTS) is 1. The number of aromatic carboxylic acids is 1. The lowest BCUT2D eigenvalue weighted by Gasteiger charge is -2.08. The maximum atomic E-state index is 11.8. The normalized spacial score (nSPS) is 11.0. The van der Waals surface area contributed by atoms with Gasteiger partial charge in [0.15, 0.2) is 0 Å². The van der Waals surface area contributed by atoms with Crippen LogP contribution in [0.25, 0.3) is 0 Å². The number of pyridine rings is 1. The summed E-state index contributed by atoms with van der Waals surface area (Å²) in [6.45, 7) is -1.48. The molecule has 0 aromatic carbocycles. The predicted molar refractivity (Wildman–Crippen MR) is 49.6 cm³/mol. The summed E-state index contributed by atoms with van der Waals surface area (Å²) in [6, 6.07) is 2.02. The van der Waals surface area contributed by atoms with Crippen molar-refractivity contribution in [3.63, 3.8) is 0 Å². The van der Waals surface area contributed by atoms with E-state index < -0.39 is 30.3 Å². The average molecular weight is 248 g/mol. The van der Waals surface area contributed by atoms with E-state index in [-0.39, 0.29) is 5.56 Å². The topological polar surface area (TPSA) is 79.3 Å². The van der Waals surface area contributed by atoms with Crippen LogP contribution in [0.4, 0.5) is 13.2 Å². The van der Waals surface area contributed by atoms with Gasteiger partial charge in [-0.05, 0) is 12.1 Å². The highest BCUT2D eigenvalue weighted by atomic mass is 19.4. The van der Waals surface area contributed by atoms with Crippen molar-refractivity contribution in [1.82, 2.24) is 10.3 Å². The van der Waals surface area contributed by atoms with Gasteiger partial charge < -0.3 is 10.4 Å². The number of rotatable bonds is 3. The molecule has 1 aromatic rings. The summed E-state index contributed by atoms with van der Waals surface area (Å²) >= 11 is 0. The third-order valence-corrected chi connectivity index (χ3v) is 1.69. The molecule has 5 nitrogen and oxygen atoms in total. The molecule has 0 aliphatic heterocycles. The molecule has 8 heteroatoms. The number of aromatic nitrogens is 1. The number of halogens is 3. The molecule has 2 N–H and O–H groups in total. The van der Waals surface area contributed by atoms with E-state index in [0.717, 1.165) is 18.3 Å². The van der Waals surface area contributed by atoms with Crippen LogP contribution >= 0.6 is 0 Å². The van der Waals surface area contributed by atoms with Crippen LogP contribution in [0.3, 0.4) is 0 Å². The summed E-state index contributed by atoms with van der Waals surface area (Å²) < 4.78 is 35.5. The largest absolute Gasteiger partial charge is 0.477 e. The summed E-state index contributed by atoms with van der Waals surface area (Å²) in [6.07, 6.45) is -3.48. The fourth-order valence-corrected chi connectivity index (χ4v) is 0.971. The number of nitrogens with one attached hydrogen (secondary N) is 1. The monoisotopic (exact) mass is 248 g/mol. The van der Waals surface area contributed by atoms with Gasteiger partial charge in [-0.15, -0.1) is 0 Å². The summed E-state index contributed by atoms with van der Waals surface area (Å²) in [5, 5.41) is 10.2. The number of alkyl halides is 3. The second kappa shape index (κ2) is 4.81. The Morgan fingerprint density at radius 2 is 2.06 bits per heavy atom. The number of hydrogen-bond donors (Lipinski definition) is 2. The molecule has 0 saturated carbocycles. The van der Waals surface area contributed by atoms with Crippen molar-refractivity contribution in [2.24, 2.45) is 0 Å². The highest BCUT2D eigenvalue weighted by molar-refractivity contribution is 5.96. The molecule has 0 spiro atoms. The van der Waals surface area contributed by atoms with Crippen LogP contribution in [-0.2, 0) is 0 Å². The van der Waals surface area contributed by atoms with Gasteiger partial charge in [-0.3, -0.25) is 4.79 Å². The fourth-order valence-electron chi connectivity index (χ4n) is 0.971. The van der Waals surface area contributed by atoms with Gasteiger partial charge in [0.1, 0.15) is 12.2 Å². The lowest BCUT2D eigenvalue weighted by atomic mass is 10.2. The van der Waals surface area contributed by atoms with Gasteiger partial charge in [0.05, 0.1) is 0 Å². The van der Waals surface area contributed by atoms with E-state index in [9.17, 15) is 22.8 Å². The van der Waals surface area contributed by atoms with Crippen LogP contribution in [0, 0.1) is 0 Å². The third kappa shape index (κ3) is 4.09. The van der Waals surface area contributed by atoms with Crippen LogP contribution in [-0.4, -0.2) is 34.7 Å². The molecule has 0 bridgehead atoms. The Morgan fingerprint density at radius 3 is 2.59 bits per heavy atom. The Morgan fingerprint density at radius 1 is 1.41 bits per heavy atom. The number of hydrogen-bond acceptors (Lipinski definition) is 3. The maximum Gasteiger partial charge on any atom is 0.405 e. The molecule has 0 aliphatic rings. The van der Waals surface area contributed by atoms with E-state index >= 15 is 0 Å². The van der Waals surface area contributed by atoms with Crippen molar-refractivity contribution < 1.29 is 27.9 Å². The van der Waals surface area contributed by atoms with E-state index in [1.807, 2.05) is 0 Å². The molecular weight excluding hydrogens is 241 g/mol. The van der Waals surface area contributed by atoms with Crippen LogP contribution in [0.2, 0.25) is 0 Å². The van der Waals surface area contributed by atoms with Gasteiger partial charge >= 0.3 is 12.1 Å². The summed E-state index contributed by atoms with van der Waals surface area (Å²) in [5.74, 6) is -2.37. The molecule has 17 heavy (non-hydrogen) atoms. The highest BCUT2D eigenvalue weighted by Crippen LogP contribution is 2.12. The number of amides is 1. The fraction of sp³-hybridized carbons (Fsp3) is 0.222. The van der Waals surface area contributed by atoms with E-state index in [1.54, 1.807) is 5.32 Å². The second-order valence-electron chi connectivity index (χ2n) is 3.03. The average Bonchev–Trinajstić information content (AvgIpc) is 2.25. The highest BCUT2D eigenvalue weighted by Gasteiger charge is 2.28. The van der Waals surface area contributed by atoms with E-state index in [1.165, 1.54) is 0 Å². The second-order valence-corrected chi connectivity index (χ2v) is 3.03. The van der Waals surface area contributed by atoms with Gasteiger partial charge in [0.25, 0.3) is 5.91 Å². The molecule has 1 rings (SSSR count). The minimum Gasteiger partial charge on any atom is -0.477 e. The van der Waals surface area contributed by atoms with Gasteiger partial charge in [-0.1, -0.05) is 0 Å².